The maximum atomic E-state index is 11.5. The third kappa shape index (κ3) is 4.32. The quantitative estimate of drug-likeness (QED) is 0.639. The first-order chi connectivity index (χ1) is 13.0. The number of primary amides is 1. The molecule has 0 unspecified atom stereocenters. The van der Waals surface area contributed by atoms with Crippen molar-refractivity contribution in [3.63, 3.8) is 0 Å². The van der Waals surface area contributed by atoms with Crippen LogP contribution in [0, 0.1) is 0 Å². The van der Waals surface area contributed by atoms with Crippen molar-refractivity contribution in [1.82, 2.24) is 4.98 Å². The van der Waals surface area contributed by atoms with Gasteiger partial charge in [-0.15, -0.1) is 11.3 Å². The van der Waals surface area contributed by atoms with Gasteiger partial charge in [0.15, 0.2) is 11.5 Å². The molecule has 1 heterocycles. The fourth-order valence-electron chi connectivity index (χ4n) is 2.45. The van der Waals surface area contributed by atoms with E-state index in [9.17, 15) is 4.79 Å². The lowest BCUT2D eigenvalue weighted by Crippen LogP contribution is -2.13. The van der Waals surface area contributed by atoms with E-state index in [2.05, 4.69) is 4.98 Å². The zero-order valence-corrected chi connectivity index (χ0v) is 16.3. The van der Waals surface area contributed by atoms with E-state index in [0.717, 1.165) is 16.3 Å². The Hall–Kier alpha value is -2.77. The molecule has 0 atom stereocenters. The molecule has 140 valence electrons. The second-order valence-electron chi connectivity index (χ2n) is 5.51. The predicted molar refractivity (Wildman–Crippen MR) is 105 cm³/mol. The van der Waals surface area contributed by atoms with Gasteiger partial charge in [0.05, 0.1) is 25.5 Å². The number of methoxy groups -OCH3 is 2. The van der Waals surface area contributed by atoms with E-state index in [0.29, 0.717) is 22.3 Å². The number of rotatable bonds is 7. The van der Waals surface area contributed by atoms with Gasteiger partial charge in [0.1, 0.15) is 17.4 Å². The molecule has 1 amide bonds. The molecule has 2 N–H and O–H groups in total. The zero-order chi connectivity index (χ0) is 19.4. The Bertz CT molecular complexity index is 974. The van der Waals surface area contributed by atoms with Gasteiger partial charge >= 0.3 is 0 Å². The van der Waals surface area contributed by atoms with Gasteiger partial charge in [0.25, 0.3) is 5.91 Å². The van der Waals surface area contributed by atoms with Crippen molar-refractivity contribution in [3.8, 4) is 27.8 Å². The number of nitrogens with zero attached hydrogens (tertiary/aromatic N) is 1. The van der Waals surface area contributed by atoms with Crippen LogP contribution in [0.3, 0.4) is 0 Å². The molecule has 2 aromatic carbocycles. The monoisotopic (exact) mass is 404 g/mol. The third-order valence-electron chi connectivity index (χ3n) is 3.77. The van der Waals surface area contributed by atoms with E-state index in [-0.39, 0.29) is 12.2 Å². The topological polar surface area (TPSA) is 83.7 Å². The smallest absolute Gasteiger partial charge is 0.252 e. The predicted octanol–water partition coefficient (Wildman–Crippen LogP) is 4.16. The Labute approximate surface area is 165 Å². The summed E-state index contributed by atoms with van der Waals surface area (Å²) in [4.78, 5) is 16.1. The molecule has 6 nitrogen and oxygen atoms in total. The van der Waals surface area contributed by atoms with Crippen molar-refractivity contribution in [3.05, 3.63) is 58.1 Å². The maximum absolute atomic E-state index is 11.5. The van der Waals surface area contributed by atoms with Crippen LogP contribution in [0.15, 0.2) is 41.8 Å². The highest BCUT2D eigenvalue weighted by atomic mass is 35.5. The van der Waals surface area contributed by atoms with Crippen LogP contribution in [0.5, 0.6) is 17.2 Å². The molecule has 0 bridgehead atoms. The third-order valence-corrected chi connectivity index (χ3v) is 4.94. The molecule has 0 spiro atoms. The van der Waals surface area contributed by atoms with Crippen LogP contribution in [-0.2, 0) is 6.61 Å². The number of ether oxygens (including phenoxy) is 3. The van der Waals surface area contributed by atoms with Crippen LogP contribution in [0.2, 0.25) is 5.02 Å². The molecule has 0 fully saturated rings. The Morgan fingerprint density at radius 3 is 2.59 bits per heavy atom. The highest BCUT2D eigenvalue weighted by Gasteiger charge is 2.13. The number of thiazole rings is 1. The van der Waals surface area contributed by atoms with Crippen LogP contribution in [0.25, 0.3) is 10.6 Å². The van der Waals surface area contributed by atoms with Gasteiger partial charge in [0, 0.05) is 16.0 Å². The van der Waals surface area contributed by atoms with E-state index in [4.69, 9.17) is 31.5 Å². The van der Waals surface area contributed by atoms with Gasteiger partial charge in [-0.1, -0.05) is 11.6 Å². The molecule has 27 heavy (non-hydrogen) atoms. The minimum absolute atomic E-state index is 0.185. The summed E-state index contributed by atoms with van der Waals surface area (Å²) in [5.41, 5.74) is 7.27. The van der Waals surface area contributed by atoms with Gasteiger partial charge in [-0.3, -0.25) is 4.79 Å². The van der Waals surface area contributed by atoms with Crippen molar-refractivity contribution in [2.75, 3.05) is 14.2 Å². The number of nitrogens with two attached hydrogens (primary N) is 1. The summed E-state index contributed by atoms with van der Waals surface area (Å²) < 4.78 is 16.3. The molecule has 3 rings (SSSR count). The van der Waals surface area contributed by atoms with Crippen LogP contribution in [0.4, 0.5) is 0 Å². The number of carbonyl (C=O) groups excluding carboxylic acids is 1. The summed E-state index contributed by atoms with van der Waals surface area (Å²) in [6.45, 7) is 0.185. The SMILES string of the molecule is COc1ccc(-c2nc(COc3cc(Cl)ccc3C(N)=O)cs2)cc1OC. The summed E-state index contributed by atoms with van der Waals surface area (Å²) in [6.07, 6.45) is 0. The van der Waals surface area contributed by atoms with E-state index in [1.807, 2.05) is 23.6 Å². The van der Waals surface area contributed by atoms with Crippen molar-refractivity contribution >= 4 is 28.8 Å². The van der Waals surface area contributed by atoms with Crippen LogP contribution in [-0.4, -0.2) is 25.1 Å². The standard InChI is InChI=1S/C19H17ClN2O4S/c1-24-15-6-3-11(7-17(15)25-2)19-22-13(10-27-19)9-26-16-8-12(20)4-5-14(16)18(21)23/h3-8,10H,9H2,1-2H3,(H2,21,23). The number of hydrogen-bond donors (Lipinski definition) is 1. The molecule has 0 saturated heterocycles. The summed E-state index contributed by atoms with van der Waals surface area (Å²) in [5, 5.41) is 3.16. The molecule has 0 radical (unpaired) electrons. The van der Waals surface area contributed by atoms with Crippen LogP contribution < -0.4 is 19.9 Å². The second kappa shape index (κ2) is 8.28. The Balaban J connectivity index is 1.78. The minimum atomic E-state index is -0.578. The summed E-state index contributed by atoms with van der Waals surface area (Å²) >= 11 is 7.45. The average molecular weight is 405 g/mol. The molecule has 1 aromatic heterocycles. The fourth-order valence-corrected chi connectivity index (χ4v) is 3.41. The van der Waals surface area contributed by atoms with E-state index >= 15 is 0 Å². The molecule has 8 heteroatoms. The first-order valence-corrected chi connectivity index (χ1v) is 9.16. The van der Waals surface area contributed by atoms with E-state index < -0.39 is 5.91 Å². The number of amides is 1. The zero-order valence-electron chi connectivity index (χ0n) is 14.7. The lowest BCUT2D eigenvalue weighted by molar-refractivity contribution is 0.0996. The lowest BCUT2D eigenvalue weighted by atomic mass is 10.2. The molecular weight excluding hydrogens is 388 g/mol. The highest BCUT2D eigenvalue weighted by Crippen LogP contribution is 2.33. The lowest BCUT2D eigenvalue weighted by Gasteiger charge is -2.09. The van der Waals surface area contributed by atoms with Gasteiger partial charge in [-0.2, -0.15) is 0 Å². The summed E-state index contributed by atoms with van der Waals surface area (Å²) in [7, 11) is 3.18. The van der Waals surface area contributed by atoms with Crippen molar-refractivity contribution in [2.45, 2.75) is 6.61 Å². The summed E-state index contributed by atoms with van der Waals surface area (Å²) in [6, 6.07) is 10.3. The highest BCUT2D eigenvalue weighted by molar-refractivity contribution is 7.13. The number of carbonyl (C=O) groups is 1. The van der Waals surface area contributed by atoms with Gasteiger partial charge in [-0.05, 0) is 36.4 Å². The van der Waals surface area contributed by atoms with E-state index in [1.54, 1.807) is 26.4 Å². The van der Waals surface area contributed by atoms with Crippen molar-refractivity contribution in [1.29, 1.82) is 0 Å². The van der Waals surface area contributed by atoms with Gasteiger partial charge in [0.2, 0.25) is 0 Å². The van der Waals surface area contributed by atoms with E-state index in [1.165, 1.54) is 17.4 Å². The Morgan fingerprint density at radius 1 is 1.11 bits per heavy atom. The molecule has 0 saturated carbocycles. The molecule has 3 aromatic rings. The average Bonchev–Trinajstić information content (AvgIpc) is 3.14. The first kappa shape index (κ1) is 19.0. The Kier molecular flexibility index (Phi) is 5.83. The fraction of sp³-hybridized carbons (Fsp3) is 0.158. The molecule has 0 aliphatic rings. The molecule has 0 aliphatic carbocycles. The van der Waals surface area contributed by atoms with Crippen molar-refractivity contribution < 1.29 is 19.0 Å². The minimum Gasteiger partial charge on any atom is -0.493 e. The Morgan fingerprint density at radius 2 is 1.89 bits per heavy atom. The number of halogens is 1. The van der Waals surface area contributed by atoms with Crippen LogP contribution in [0.1, 0.15) is 16.1 Å². The number of hydrogen-bond acceptors (Lipinski definition) is 6. The maximum Gasteiger partial charge on any atom is 0.252 e. The molecular formula is C19H17ClN2O4S. The first-order valence-electron chi connectivity index (χ1n) is 7.90. The number of aromatic nitrogens is 1. The van der Waals surface area contributed by atoms with Crippen LogP contribution >= 0.6 is 22.9 Å². The number of benzene rings is 2. The second-order valence-corrected chi connectivity index (χ2v) is 6.80. The molecule has 0 aliphatic heterocycles. The summed E-state index contributed by atoms with van der Waals surface area (Å²) in [5.74, 6) is 1.04. The largest absolute Gasteiger partial charge is 0.493 e. The normalized spacial score (nSPS) is 10.5. The van der Waals surface area contributed by atoms with Gasteiger partial charge in [-0.25, -0.2) is 4.98 Å². The van der Waals surface area contributed by atoms with Gasteiger partial charge < -0.3 is 19.9 Å². The van der Waals surface area contributed by atoms with Crippen molar-refractivity contribution in [2.24, 2.45) is 5.73 Å².